The molecule has 0 bridgehead atoms. The van der Waals surface area contributed by atoms with Gasteiger partial charge in [0.15, 0.2) is 0 Å². The van der Waals surface area contributed by atoms with Crippen molar-refractivity contribution in [3.05, 3.63) is 41.5 Å². The van der Waals surface area contributed by atoms with Crippen LogP contribution < -0.4 is 0 Å². The van der Waals surface area contributed by atoms with Crippen molar-refractivity contribution < 1.29 is 14.4 Å². The molecule has 1 aromatic carbocycles. The van der Waals surface area contributed by atoms with Gasteiger partial charge >= 0.3 is 0 Å². The predicted molar refractivity (Wildman–Crippen MR) is 69.9 cm³/mol. The van der Waals surface area contributed by atoms with Gasteiger partial charge in [-0.25, -0.2) is 0 Å². The lowest BCUT2D eigenvalue weighted by molar-refractivity contribution is -0.0106. The number of hydrogen-bond donors (Lipinski definition) is 1. The maximum absolute atomic E-state index is 9.42. The molecule has 0 saturated heterocycles. The number of aromatic nitrogens is 2. The maximum Gasteiger partial charge on any atom is 0.231 e. The molecule has 0 spiro atoms. The van der Waals surface area contributed by atoms with Gasteiger partial charge in [0.1, 0.15) is 11.4 Å². The zero-order chi connectivity index (χ0) is 13.9. The fourth-order valence-electron chi connectivity index (χ4n) is 1.78. The van der Waals surface area contributed by atoms with Crippen molar-refractivity contribution in [1.82, 2.24) is 10.1 Å². The Balaban J connectivity index is 2.18. The zero-order valence-electron chi connectivity index (χ0n) is 11.4. The molecule has 0 amide bonds. The third-order valence-corrected chi connectivity index (χ3v) is 3.33. The molecule has 0 aliphatic rings. The number of phenols is 1. The van der Waals surface area contributed by atoms with E-state index >= 15 is 0 Å². The number of nitrogens with zero attached hydrogens (tertiary/aromatic N) is 2. The molecular formula is C14H18N2O3. The Bertz CT molecular complexity index is 547. The van der Waals surface area contributed by atoms with Crippen LogP contribution in [0.25, 0.3) is 0 Å². The SMILES string of the molecule is CCC(C)(OC)c1noc(Cc2cccc(O)c2)n1. The van der Waals surface area contributed by atoms with Crippen LogP contribution in [0.15, 0.2) is 28.8 Å². The summed E-state index contributed by atoms with van der Waals surface area (Å²) in [4.78, 5) is 4.36. The quantitative estimate of drug-likeness (QED) is 0.897. The first-order valence-corrected chi connectivity index (χ1v) is 6.23. The Morgan fingerprint density at radius 2 is 2.21 bits per heavy atom. The first kappa shape index (κ1) is 13.5. The molecule has 0 aliphatic carbocycles. The second-order valence-corrected chi connectivity index (χ2v) is 4.65. The molecule has 102 valence electrons. The number of benzene rings is 1. The number of hydrogen-bond acceptors (Lipinski definition) is 5. The highest BCUT2D eigenvalue weighted by Gasteiger charge is 2.29. The van der Waals surface area contributed by atoms with Crippen molar-refractivity contribution in [2.45, 2.75) is 32.3 Å². The molecule has 1 N–H and O–H groups in total. The van der Waals surface area contributed by atoms with E-state index in [1.807, 2.05) is 19.9 Å². The minimum absolute atomic E-state index is 0.229. The summed E-state index contributed by atoms with van der Waals surface area (Å²) in [6, 6.07) is 6.99. The van der Waals surface area contributed by atoms with Crippen molar-refractivity contribution in [3.8, 4) is 5.75 Å². The summed E-state index contributed by atoms with van der Waals surface area (Å²) in [5, 5.41) is 13.4. The van der Waals surface area contributed by atoms with Gasteiger partial charge in [0.2, 0.25) is 11.7 Å². The molecule has 2 aromatic rings. The maximum atomic E-state index is 9.42. The average molecular weight is 262 g/mol. The third-order valence-electron chi connectivity index (χ3n) is 3.33. The smallest absolute Gasteiger partial charge is 0.231 e. The van der Waals surface area contributed by atoms with E-state index in [2.05, 4.69) is 10.1 Å². The summed E-state index contributed by atoms with van der Waals surface area (Å²) in [5.41, 5.74) is 0.395. The molecule has 0 aliphatic heterocycles. The van der Waals surface area contributed by atoms with Crippen LogP contribution in [0, 0.1) is 0 Å². The standard InChI is InChI=1S/C14H18N2O3/c1-4-14(2,18-3)13-15-12(19-16-13)9-10-6-5-7-11(17)8-10/h5-8,17H,4,9H2,1-3H3. The van der Waals surface area contributed by atoms with Gasteiger partial charge in [0.05, 0.1) is 6.42 Å². The fraction of sp³-hybridized carbons (Fsp3) is 0.429. The Labute approximate surface area is 112 Å². The highest BCUT2D eigenvalue weighted by Crippen LogP contribution is 2.26. The van der Waals surface area contributed by atoms with Crippen molar-refractivity contribution in [3.63, 3.8) is 0 Å². The second-order valence-electron chi connectivity index (χ2n) is 4.65. The lowest BCUT2D eigenvalue weighted by Crippen LogP contribution is -2.24. The highest BCUT2D eigenvalue weighted by atomic mass is 16.5. The number of methoxy groups -OCH3 is 1. The van der Waals surface area contributed by atoms with Crippen molar-refractivity contribution in [2.24, 2.45) is 0 Å². The minimum atomic E-state index is -0.527. The number of phenolic OH excluding ortho intramolecular Hbond substituents is 1. The molecule has 1 atom stereocenters. The summed E-state index contributed by atoms with van der Waals surface area (Å²) < 4.78 is 10.7. The van der Waals surface area contributed by atoms with Gasteiger partial charge in [-0.15, -0.1) is 0 Å². The molecule has 0 radical (unpaired) electrons. The Kier molecular flexibility index (Phi) is 3.85. The summed E-state index contributed by atoms with van der Waals surface area (Å²) in [7, 11) is 1.63. The van der Waals surface area contributed by atoms with Crippen LogP contribution in [-0.2, 0) is 16.8 Å². The number of aromatic hydroxyl groups is 1. The number of ether oxygens (including phenoxy) is 1. The van der Waals surface area contributed by atoms with Crippen molar-refractivity contribution in [1.29, 1.82) is 0 Å². The average Bonchev–Trinajstić information content (AvgIpc) is 2.87. The highest BCUT2D eigenvalue weighted by molar-refractivity contribution is 5.28. The van der Waals surface area contributed by atoms with E-state index < -0.39 is 5.60 Å². The monoisotopic (exact) mass is 262 g/mol. The van der Waals surface area contributed by atoms with Gasteiger partial charge < -0.3 is 14.4 Å². The molecule has 0 fully saturated rings. The Hall–Kier alpha value is -1.88. The second kappa shape index (κ2) is 5.40. The Morgan fingerprint density at radius 1 is 1.42 bits per heavy atom. The van der Waals surface area contributed by atoms with E-state index in [1.54, 1.807) is 25.3 Å². The summed E-state index contributed by atoms with van der Waals surface area (Å²) in [6.07, 6.45) is 1.25. The van der Waals surface area contributed by atoms with Crippen LogP contribution in [0.5, 0.6) is 5.75 Å². The van der Waals surface area contributed by atoms with Gasteiger partial charge in [0, 0.05) is 7.11 Å². The first-order valence-electron chi connectivity index (χ1n) is 6.23. The molecule has 2 rings (SSSR count). The topological polar surface area (TPSA) is 68.4 Å². The molecule has 1 aromatic heterocycles. The van der Waals surface area contributed by atoms with Crippen LogP contribution >= 0.6 is 0 Å². The normalized spacial score (nSPS) is 14.3. The molecule has 1 unspecified atom stereocenters. The van der Waals surface area contributed by atoms with E-state index in [4.69, 9.17) is 9.26 Å². The molecular weight excluding hydrogens is 244 g/mol. The van der Waals surface area contributed by atoms with Crippen LogP contribution in [0.4, 0.5) is 0 Å². The van der Waals surface area contributed by atoms with Crippen LogP contribution in [-0.4, -0.2) is 22.4 Å². The summed E-state index contributed by atoms with van der Waals surface area (Å²) in [5.74, 6) is 1.29. The molecule has 19 heavy (non-hydrogen) atoms. The van der Waals surface area contributed by atoms with E-state index in [0.717, 1.165) is 12.0 Å². The zero-order valence-corrected chi connectivity index (χ0v) is 11.4. The molecule has 1 heterocycles. The van der Waals surface area contributed by atoms with Gasteiger partial charge in [-0.3, -0.25) is 0 Å². The van der Waals surface area contributed by atoms with Gasteiger partial charge in [0.25, 0.3) is 0 Å². The largest absolute Gasteiger partial charge is 0.508 e. The fourth-order valence-corrected chi connectivity index (χ4v) is 1.78. The van der Waals surface area contributed by atoms with Gasteiger partial charge in [-0.1, -0.05) is 24.2 Å². The van der Waals surface area contributed by atoms with Crippen LogP contribution in [0.3, 0.4) is 0 Å². The van der Waals surface area contributed by atoms with Gasteiger partial charge in [-0.05, 0) is 31.0 Å². The minimum Gasteiger partial charge on any atom is -0.508 e. The third kappa shape index (κ3) is 2.93. The van der Waals surface area contributed by atoms with Crippen LogP contribution in [0.2, 0.25) is 0 Å². The molecule has 5 nitrogen and oxygen atoms in total. The summed E-state index contributed by atoms with van der Waals surface area (Å²) in [6.45, 7) is 3.94. The van der Waals surface area contributed by atoms with Crippen molar-refractivity contribution >= 4 is 0 Å². The van der Waals surface area contributed by atoms with E-state index in [-0.39, 0.29) is 5.75 Å². The van der Waals surface area contributed by atoms with E-state index in [1.165, 1.54) is 0 Å². The van der Waals surface area contributed by atoms with Crippen molar-refractivity contribution in [2.75, 3.05) is 7.11 Å². The number of rotatable bonds is 5. The predicted octanol–water partition coefficient (Wildman–Crippen LogP) is 2.64. The Morgan fingerprint density at radius 3 is 2.84 bits per heavy atom. The molecule has 0 saturated carbocycles. The van der Waals surface area contributed by atoms with E-state index in [9.17, 15) is 5.11 Å². The molecule has 5 heteroatoms. The van der Waals surface area contributed by atoms with Crippen LogP contribution in [0.1, 0.15) is 37.5 Å². The first-order chi connectivity index (χ1) is 9.07. The lowest BCUT2D eigenvalue weighted by Gasteiger charge is -2.21. The van der Waals surface area contributed by atoms with Gasteiger partial charge in [-0.2, -0.15) is 4.98 Å². The lowest BCUT2D eigenvalue weighted by atomic mass is 10.0. The summed E-state index contributed by atoms with van der Waals surface area (Å²) >= 11 is 0. The van der Waals surface area contributed by atoms with E-state index in [0.29, 0.717) is 18.1 Å².